The second kappa shape index (κ2) is 9.50. The van der Waals surface area contributed by atoms with Gasteiger partial charge in [0.2, 0.25) is 0 Å². The van der Waals surface area contributed by atoms with E-state index in [4.69, 9.17) is 23.1 Å². The Hall–Kier alpha value is -3.59. The van der Waals surface area contributed by atoms with Gasteiger partial charge in [0.1, 0.15) is 5.82 Å². The maximum absolute atomic E-state index is 13.7. The summed E-state index contributed by atoms with van der Waals surface area (Å²) in [4.78, 5) is 33.2. The standard InChI is InChI=1S/C23H24ClFN6O2/c24-15-10-9-12(11-16(15)25)28-21(32)22(33)31-20-18(30-23(26)27)8-4-2-6-14-13-5-1-3-7-17(13)29-19(14)20/h1,3,5,7,9-11,18,20,29H,2,4,6,8H2,(H,28,32)(H,31,33)(H4,26,27,30)/t18-,20+/m0/s1. The molecule has 0 radical (unpaired) electrons. The Labute approximate surface area is 194 Å². The zero-order valence-electron chi connectivity index (χ0n) is 17.7. The van der Waals surface area contributed by atoms with Crippen molar-refractivity contribution < 1.29 is 14.0 Å². The van der Waals surface area contributed by atoms with Gasteiger partial charge in [-0.1, -0.05) is 36.2 Å². The average molecular weight is 471 g/mol. The van der Waals surface area contributed by atoms with Crippen LogP contribution in [0.4, 0.5) is 10.1 Å². The third-order valence-electron chi connectivity index (χ3n) is 5.70. The van der Waals surface area contributed by atoms with Crippen LogP contribution in [0.2, 0.25) is 5.02 Å². The van der Waals surface area contributed by atoms with Crippen molar-refractivity contribution in [3.05, 3.63) is 64.6 Å². The third kappa shape index (κ3) is 4.93. The molecule has 1 aliphatic rings. The largest absolute Gasteiger partial charge is 0.370 e. The monoisotopic (exact) mass is 470 g/mol. The third-order valence-corrected chi connectivity index (χ3v) is 6.01. The molecule has 4 rings (SSSR count). The van der Waals surface area contributed by atoms with Gasteiger partial charge < -0.3 is 27.1 Å². The summed E-state index contributed by atoms with van der Waals surface area (Å²) in [6.45, 7) is 0. The smallest absolute Gasteiger partial charge is 0.313 e. The Bertz CT molecular complexity index is 1240. The molecule has 0 bridgehead atoms. The van der Waals surface area contributed by atoms with Crippen LogP contribution >= 0.6 is 11.6 Å². The molecule has 2 amide bonds. The molecule has 1 heterocycles. The summed E-state index contributed by atoms with van der Waals surface area (Å²) in [7, 11) is 0. The summed E-state index contributed by atoms with van der Waals surface area (Å²) < 4.78 is 13.7. The van der Waals surface area contributed by atoms with Crippen LogP contribution in [-0.4, -0.2) is 28.8 Å². The summed E-state index contributed by atoms with van der Waals surface area (Å²) in [5.74, 6) is -2.64. The molecule has 10 heteroatoms. The molecule has 0 unspecified atom stereocenters. The minimum Gasteiger partial charge on any atom is -0.370 e. The maximum Gasteiger partial charge on any atom is 0.313 e. The number of carbonyl (C=O) groups is 2. The normalized spacial score (nSPS) is 18.0. The minimum absolute atomic E-state index is 0.0848. The Morgan fingerprint density at radius 2 is 1.91 bits per heavy atom. The lowest BCUT2D eigenvalue weighted by Crippen LogP contribution is -2.43. The van der Waals surface area contributed by atoms with Crippen LogP contribution in [0.25, 0.3) is 10.9 Å². The van der Waals surface area contributed by atoms with E-state index in [0.29, 0.717) is 6.42 Å². The summed E-state index contributed by atoms with van der Waals surface area (Å²) in [5, 5.41) is 6.14. The van der Waals surface area contributed by atoms with Crippen LogP contribution in [0.3, 0.4) is 0 Å². The summed E-state index contributed by atoms with van der Waals surface area (Å²) >= 11 is 5.67. The molecule has 2 atom stereocenters. The van der Waals surface area contributed by atoms with E-state index in [2.05, 4.69) is 20.6 Å². The number of aromatic amines is 1. The number of nitrogens with two attached hydrogens (primary N) is 2. The fourth-order valence-electron chi connectivity index (χ4n) is 4.24. The van der Waals surface area contributed by atoms with E-state index in [1.165, 1.54) is 12.1 Å². The van der Waals surface area contributed by atoms with Crippen LogP contribution in [-0.2, 0) is 16.0 Å². The number of amides is 2. The van der Waals surface area contributed by atoms with Gasteiger partial charge in [0.15, 0.2) is 5.96 Å². The molecule has 0 spiro atoms. The highest BCUT2D eigenvalue weighted by Crippen LogP contribution is 2.34. The zero-order chi connectivity index (χ0) is 23.5. The highest BCUT2D eigenvalue weighted by molar-refractivity contribution is 6.39. The molecule has 0 fully saturated rings. The maximum atomic E-state index is 13.7. The second-order valence-corrected chi connectivity index (χ2v) is 8.37. The number of benzene rings is 2. The van der Waals surface area contributed by atoms with E-state index >= 15 is 0 Å². The van der Waals surface area contributed by atoms with Gasteiger partial charge in [-0.3, -0.25) is 9.59 Å². The highest BCUT2D eigenvalue weighted by atomic mass is 35.5. The van der Waals surface area contributed by atoms with Gasteiger partial charge >= 0.3 is 11.8 Å². The molecule has 1 aromatic heterocycles. The van der Waals surface area contributed by atoms with Crippen molar-refractivity contribution in [2.24, 2.45) is 16.5 Å². The van der Waals surface area contributed by atoms with Crippen molar-refractivity contribution in [1.29, 1.82) is 0 Å². The molecular weight excluding hydrogens is 447 g/mol. The number of nitrogens with one attached hydrogen (secondary N) is 3. The summed E-state index contributed by atoms with van der Waals surface area (Å²) in [6, 6.07) is 10.5. The zero-order valence-corrected chi connectivity index (χ0v) is 18.5. The molecule has 3 aromatic rings. The van der Waals surface area contributed by atoms with Crippen molar-refractivity contribution >= 4 is 46.0 Å². The molecular formula is C23H24ClFN6O2. The topological polar surface area (TPSA) is 138 Å². The number of hydrogen-bond donors (Lipinski definition) is 5. The molecule has 7 N–H and O–H groups in total. The van der Waals surface area contributed by atoms with Crippen LogP contribution < -0.4 is 22.1 Å². The van der Waals surface area contributed by atoms with Crippen LogP contribution in [0.5, 0.6) is 0 Å². The summed E-state index contributed by atoms with van der Waals surface area (Å²) in [6.07, 6.45) is 3.23. The van der Waals surface area contributed by atoms with Gasteiger partial charge in [-0.05, 0) is 49.1 Å². The number of carbonyl (C=O) groups excluding carboxylic acids is 2. The predicted octanol–water partition coefficient (Wildman–Crippen LogP) is 3.12. The van der Waals surface area contributed by atoms with Crippen molar-refractivity contribution in [2.45, 2.75) is 37.8 Å². The van der Waals surface area contributed by atoms with Gasteiger partial charge in [0, 0.05) is 22.3 Å². The Balaban J connectivity index is 1.66. The number of nitrogens with zero attached hydrogens (tertiary/aromatic N) is 1. The van der Waals surface area contributed by atoms with E-state index in [0.717, 1.165) is 47.5 Å². The molecule has 33 heavy (non-hydrogen) atoms. The van der Waals surface area contributed by atoms with Crippen LogP contribution in [0.15, 0.2) is 47.5 Å². The van der Waals surface area contributed by atoms with E-state index in [-0.39, 0.29) is 16.7 Å². The second-order valence-electron chi connectivity index (χ2n) is 7.96. The number of para-hydroxylation sites is 1. The molecule has 0 saturated heterocycles. The molecule has 8 nitrogen and oxygen atoms in total. The molecule has 172 valence electrons. The fraction of sp³-hybridized carbons (Fsp3) is 0.261. The van der Waals surface area contributed by atoms with Crippen molar-refractivity contribution in [1.82, 2.24) is 10.3 Å². The number of rotatable bonds is 3. The molecule has 0 saturated carbocycles. The van der Waals surface area contributed by atoms with Gasteiger partial charge in [0.25, 0.3) is 0 Å². The minimum atomic E-state index is -0.945. The number of halogens is 2. The lowest BCUT2D eigenvalue weighted by molar-refractivity contribution is -0.136. The van der Waals surface area contributed by atoms with E-state index in [9.17, 15) is 14.0 Å². The quantitative estimate of drug-likeness (QED) is 0.228. The Morgan fingerprint density at radius 1 is 1.12 bits per heavy atom. The van der Waals surface area contributed by atoms with Crippen LogP contribution in [0.1, 0.15) is 36.6 Å². The lowest BCUT2D eigenvalue weighted by Gasteiger charge is -2.28. The number of H-pyrrole nitrogens is 1. The first-order valence-corrected chi connectivity index (χ1v) is 11.0. The number of aliphatic imine (C=N–C) groups is 1. The number of guanidine groups is 1. The number of aryl methyl sites for hydroxylation is 1. The first kappa shape index (κ1) is 22.6. The Kier molecular flexibility index (Phi) is 6.50. The first-order valence-electron chi connectivity index (χ1n) is 10.6. The lowest BCUT2D eigenvalue weighted by atomic mass is 9.90. The van der Waals surface area contributed by atoms with Crippen molar-refractivity contribution in [3.63, 3.8) is 0 Å². The van der Waals surface area contributed by atoms with Crippen LogP contribution in [0, 0.1) is 5.82 Å². The van der Waals surface area contributed by atoms with Gasteiger partial charge in [-0.25, -0.2) is 9.38 Å². The van der Waals surface area contributed by atoms with E-state index in [1.54, 1.807) is 0 Å². The van der Waals surface area contributed by atoms with Gasteiger partial charge in [-0.15, -0.1) is 0 Å². The number of aromatic nitrogens is 1. The molecule has 1 aliphatic carbocycles. The van der Waals surface area contributed by atoms with Crippen molar-refractivity contribution in [2.75, 3.05) is 5.32 Å². The summed E-state index contributed by atoms with van der Waals surface area (Å²) in [5.41, 5.74) is 14.2. The average Bonchev–Trinajstić information content (AvgIpc) is 3.13. The highest BCUT2D eigenvalue weighted by Gasteiger charge is 2.32. The first-order chi connectivity index (χ1) is 15.8. The molecule has 0 aliphatic heterocycles. The SMILES string of the molecule is NC(N)=N[C@H]1CCCCc2c([nH]c3ccccc23)[C@@H]1NC(=O)C(=O)Nc1ccc(Cl)c(F)c1. The number of hydrogen-bond acceptors (Lipinski definition) is 3. The number of anilines is 1. The van der Waals surface area contributed by atoms with Gasteiger partial charge in [0.05, 0.1) is 17.1 Å². The van der Waals surface area contributed by atoms with E-state index in [1.807, 2.05) is 24.3 Å². The van der Waals surface area contributed by atoms with E-state index < -0.39 is 29.7 Å². The number of fused-ring (bicyclic) bond motifs is 3. The van der Waals surface area contributed by atoms with Gasteiger partial charge in [-0.2, -0.15) is 0 Å². The predicted molar refractivity (Wildman–Crippen MR) is 126 cm³/mol. The van der Waals surface area contributed by atoms with Crippen molar-refractivity contribution in [3.8, 4) is 0 Å². The Morgan fingerprint density at radius 3 is 2.67 bits per heavy atom. The molecule has 2 aromatic carbocycles. The fourth-order valence-corrected chi connectivity index (χ4v) is 4.35.